The Morgan fingerprint density at radius 1 is 0.857 bits per heavy atom. The number of aromatic nitrogens is 1. The normalized spacial score (nSPS) is 17.5. The Labute approximate surface area is 125 Å². The van der Waals surface area contributed by atoms with Crippen LogP contribution in [0.1, 0.15) is 22.9 Å². The molecule has 3 aromatic rings. The van der Waals surface area contributed by atoms with Gasteiger partial charge in [-0.15, -0.1) is 0 Å². The number of H-pyrrole nitrogens is 1. The summed E-state index contributed by atoms with van der Waals surface area (Å²) in [5.41, 5.74) is 5.41. The minimum atomic E-state index is 0.271. The molecular weight excluding hydrogens is 256 g/mol. The molecule has 1 unspecified atom stereocenters. The summed E-state index contributed by atoms with van der Waals surface area (Å²) in [7, 11) is 0. The van der Waals surface area contributed by atoms with Crippen LogP contribution in [-0.4, -0.2) is 11.5 Å². The number of aromatic amines is 1. The van der Waals surface area contributed by atoms with Crippen LogP contribution in [0.2, 0.25) is 0 Å². The van der Waals surface area contributed by atoms with Crippen molar-refractivity contribution in [3.8, 4) is 0 Å². The van der Waals surface area contributed by atoms with Crippen LogP contribution in [0.15, 0.2) is 72.9 Å². The number of nitrogens with one attached hydrogen (secondary N) is 1. The zero-order valence-electron chi connectivity index (χ0n) is 11.9. The van der Waals surface area contributed by atoms with Crippen molar-refractivity contribution in [2.45, 2.75) is 12.5 Å². The molecule has 2 heteroatoms. The molecule has 2 aromatic carbocycles. The van der Waals surface area contributed by atoms with Gasteiger partial charge in [-0.3, -0.25) is 0 Å². The number of hydrogen-bond acceptors (Lipinski definition) is 1. The highest BCUT2D eigenvalue weighted by molar-refractivity contribution is 5.54. The van der Waals surface area contributed by atoms with Crippen LogP contribution in [0.25, 0.3) is 0 Å². The van der Waals surface area contributed by atoms with Crippen molar-refractivity contribution in [2.75, 3.05) is 11.4 Å². The van der Waals surface area contributed by atoms with Crippen molar-refractivity contribution in [1.29, 1.82) is 0 Å². The molecule has 0 radical (unpaired) electrons. The molecule has 1 atom stereocenters. The van der Waals surface area contributed by atoms with Gasteiger partial charge >= 0.3 is 0 Å². The van der Waals surface area contributed by atoms with Crippen LogP contribution in [0.3, 0.4) is 0 Å². The highest BCUT2D eigenvalue weighted by Crippen LogP contribution is 2.37. The standard InChI is InChI=1S/C19H18N2/c1-2-8-16(9-3-1)21-14-12-15-7-4-5-10-17(15)19(21)18-11-6-13-20-18/h1-11,13,19-20H,12,14H2. The first kappa shape index (κ1) is 12.3. The molecule has 0 fully saturated rings. The summed E-state index contributed by atoms with van der Waals surface area (Å²) < 4.78 is 0. The van der Waals surface area contributed by atoms with E-state index >= 15 is 0 Å². The van der Waals surface area contributed by atoms with Gasteiger partial charge in [0.15, 0.2) is 0 Å². The third-order valence-corrected chi connectivity index (χ3v) is 4.29. The van der Waals surface area contributed by atoms with E-state index < -0.39 is 0 Å². The number of para-hydroxylation sites is 1. The van der Waals surface area contributed by atoms with E-state index in [1.807, 2.05) is 6.20 Å². The van der Waals surface area contributed by atoms with E-state index in [2.05, 4.69) is 76.6 Å². The minimum Gasteiger partial charge on any atom is -0.363 e. The van der Waals surface area contributed by atoms with Crippen LogP contribution < -0.4 is 4.90 Å². The Bertz CT molecular complexity index is 716. The SMILES string of the molecule is c1ccc(N2CCc3ccccc3C2c2ccc[nH]2)cc1. The van der Waals surface area contributed by atoms with E-state index in [0.717, 1.165) is 13.0 Å². The monoisotopic (exact) mass is 274 g/mol. The molecule has 1 aliphatic heterocycles. The lowest BCUT2D eigenvalue weighted by atomic mass is 9.90. The first-order chi connectivity index (χ1) is 10.4. The van der Waals surface area contributed by atoms with Crippen molar-refractivity contribution in [3.63, 3.8) is 0 Å². The molecule has 0 saturated carbocycles. The Morgan fingerprint density at radius 3 is 2.48 bits per heavy atom. The second-order valence-corrected chi connectivity index (χ2v) is 5.51. The maximum atomic E-state index is 3.41. The lowest BCUT2D eigenvalue weighted by molar-refractivity contribution is 0.642. The molecule has 21 heavy (non-hydrogen) atoms. The first-order valence-electron chi connectivity index (χ1n) is 7.46. The van der Waals surface area contributed by atoms with Crippen molar-refractivity contribution in [1.82, 2.24) is 4.98 Å². The highest BCUT2D eigenvalue weighted by atomic mass is 15.2. The van der Waals surface area contributed by atoms with Crippen molar-refractivity contribution < 1.29 is 0 Å². The first-order valence-corrected chi connectivity index (χ1v) is 7.46. The van der Waals surface area contributed by atoms with Gasteiger partial charge in [-0.1, -0.05) is 42.5 Å². The average Bonchev–Trinajstić information content (AvgIpc) is 3.08. The fraction of sp³-hybridized carbons (Fsp3) is 0.158. The van der Waals surface area contributed by atoms with Gasteiger partial charge in [-0.05, 0) is 41.8 Å². The van der Waals surface area contributed by atoms with Crippen LogP contribution in [-0.2, 0) is 6.42 Å². The Balaban J connectivity index is 1.85. The fourth-order valence-corrected chi connectivity index (χ4v) is 3.31. The van der Waals surface area contributed by atoms with E-state index in [0.29, 0.717) is 0 Å². The Kier molecular flexibility index (Phi) is 3.00. The third kappa shape index (κ3) is 2.13. The highest BCUT2D eigenvalue weighted by Gasteiger charge is 2.29. The molecule has 4 rings (SSSR count). The van der Waals surface area contributed by atoms with Gasteiger partial charge in [0, 0.05) is 24.1 Å². The van der Waals surface area contributed by atoms with Gasteiger partial charge in [0.1, 0.15) is 0 Å². The number of fused-ring (bicyclic) bond motifs is 1. The predicted octanol–water partition coefficient (Wildman–Crippen LogP) is 4.17. The summed E-state index contributed by atoms with van der Waals surface area (Å²) in [6, 6.07) is 24.0. The van der Waals surface area contributed by atoms with Crippen molar-refractivity contribution in [3.05, 3.63) is 89.7 Å². The summed E-state index contributed by atoms with van der Waals surface area (Å²) in [6.45, 7) is 1.05. The van der Waals surface area contributed by atoms with Crippen molar-refractivity contribution >= 4 is 5.69 Å². The second-order valence-electron chi connectivity index (χ2n) is 5.51. The molecule has 0 aliphatic carbocycles. The topological polar surface area (TPSA) is 19.0 Å². The van der Waals surface area contributed by atoms with Gasteiger partial charge in [-0.2, -0.15) is 0 Å². The van der Waals surface area contributed by atoms with Gasteiger partial charge in [0.2, 0.25) is 0 Å². The number of nitrogens with zero attached hydrogens (tertiary/aromatic N) is 1. The van der Waals surface area contributed by atoms with E-state index in [-0.39, 0.29) is 6.04 Å². The summed E-state index contributed by atoms with van der Waals surface area (Å²) in [4.78, 5) is 5.90. The smallest absolute Gasteiger partial charge is 0.0946 e. The summed E-state index contributed by atoms with van der Waals surface area (Å²) in [5, 5.41) is 0. The molecule has 0 bridgehead atoms. The second kappa shape index (κ2) is 5.13. The molecule has 1 N–H and O–H groups in total. The quantitative estimate of drug-likeness (QED) is 0.743. The van der Waals surface area contributed by atoms with Crippen LogP contribution >= 0.6 is 0 Å². The Morgan fingerprint density at radius 2 is 1.67 bits per heavy atom. The number of benzene rings is 2. The molecule has 2 heterocycles. The van der Waals surface area contributed by atoms with Crippen LogP contribution in [0, 0.1) is 0 Å². The van der Waals surface area contributed by atoms with E-state index in [4.69, 9.17) is 0 Å². The fourth-order valence-electron chi connectivity index (χ4n) is 3.31. The molecule has 1 aromatic heterocycles. The van der Waals surface area contributed by atoms with Crippen LogP contribution in [0.4, 0.5) is 5.69 Å². The lowest BCUT2D eigenvalue weighted by Crippen LogP contribution is -2.36. The third-order valence-electron chi connectivity index (χ3n) is 4.29. The van der Waals surface area contributed by atoms with E-state index in [1.54, 1.807) is 0 Å². The van der Waals surface area contributed by atoms with Crippen LogP contribution in [0.5, 0.6) is 0 Å². The molecule has 0 spiro atoms. The maximum absolute atomic E-state index is 3.41. The minimum absolute atomic E-state index is 0.271. The largest absolute Gasteiger partial charge is 0.363 e. The number of rotatable bonds is 2. The zero-order chi connectivity index (χ0) is 14.1. The maximum Gasteiger partial charge on any atom is 0.0946 e. The van der Waals surface area contributed by atoms with Crippen molar-refractivity contribution in [2.24, 2.45) is 0 Å². The van der Waals surface area contributed by atoms with Gasteiger partial charge in [0.25, 0.3) is 0 Å². The van der Waals surface area contributed by atoms with E-state index in [9.17, 15) is 0 Å². The van der Waals surface area contributed by atoms with E-state index in [1.165, 1.54) is 22.5 Å². The number of anilines is 1. The molecule has 0 amide bonds. The summed E-state index contributed by atoms with van der Waals surface area (Å²) in [5.74, 6) is 0. The summed E-state index contributed by atoms with van der Waals surface area (Å²) in [6.07, 6.45) is 3.11. The average molecular weight is 274 g/mol. The summed E-state index contributed by atoms with van der Waals surface area (Å²) >= 11 is 0. The lowest BCUT2D eigenvalue weighted by Gasteiger charge is -2.38. The molecule has 2 nitrogen and oxygen atoms in total. The molecule has 104 valence electrons. The predicted molar refractivity (Wildman–Crippen MR) is 86.6 cm³/mol. The Hall–Kier alpha value is -2.48. The molecular formula is C19H18N2. The number of hydrogen-bond donors (Lipinski definition) is 1. The molecule has 1 aliphatic rings. The van der Waals surface area contributed by atoms with Gasteiger partial charge < -0.3 is 9.88 Å². The van der Waals surface area contributed by atoms with Gasteiger partial charge in [-0.25, -0.2) is 0 Å². The molecule has 0 saturated heterocycles. The van der Waals surface area contributed by atoms with Gasteiger partial charge in [0.05, 0.1) is 6.04 Å². The zero-order valence-corrected chi connectivity index (χ0v) is 11.9.